The van der Waals surface area contributed by atoms with Crippen molar-refractivity contribution in [3.63, 3.8) is 0 Å². The number of pyridine rings is 1. The van der Waals surface area contributed by atoms with Gasteiger partial charge in [-0.25, -0.2) is 0 Å². The van der Waals surface area contributed by atoms with Crippen LogP contribution in [-0.2, 0) is 11.3 Å². The summed E-state index contributed by atoms with van der Waals surface area (Å²) >= 11 is 3.28. The molecule has 1 heterocycles. The van der Waals surface area contributed by atoms with Gasteiger partial charge in [0.25, 0.3) is 5.56 Å². The van der Waals surface area contributed by atoms with Gasteiger partial charge in [-0.05, 0) is 41.3 Å². The molecule has 0 radical (unpaired) electrons. The van der Waals surface area contributed by atoms with Gasteiger partial charge in [-0.3, -0.25) is 9.59 Å². The molecule has 6 heteroatoms. The second-order valence-corrected chi connectivity index (χ2v) is 5.90. The van der Waals surface area contributed by atoms with Gasteiger partial charge in [0.15, 0.2) is 0 Å². The molecule has 2 rings (SSSR count). The molecule has 1 amide bonds. The van der Waals surface area contributed by atoms with E-state index in [4.69, 9.17) is 0 Å². The van der Waals surface area contributed by atoms with Crippen molar-refractivity contribution >= 4 is 21.8 Å². The number of amides is 1. The third kappa shape index (κ3) is 3.91. The van der Waals surface area contributed by atoms with Crippen LogP contribution < -0.4 is 10.9 Å². The third-order valence-corrected chi connectivity index (χ3v) is 3.90. The Hall–Kier alpha value is -1.14. The molecule has 0 atom stereocenters. The molecule has 19 heavy (non-hydrogen) atoms. The second-order valence-electron chi connectivity index (χ2n) is 4.98. The fraction of sp³-hybridized carbons (Fsp3) is 0.538. The van der Waals surface area contributed by atoms with Gasteiger partial charge in [-0.2, -0.15) is 0 Å². The lowest BCUT2D eigenvalue weighted by Gasteiger charge is -2.36. The molecule has 5 nitrogen and oxygen atoms in total. The van der Waals surface area contributed by atoms with Crippen molar-refractivity contribution in [3.8, 4) is 0 Å². The van der Waals surface area contributed by atoms with Crippen molar-refractivity contribution in [2.45, 2.75) is 37.8 Å². The molecular weight excluding hydrogens is 312 g/mol. The maximum atomic E-state index is 11.6. The van der Waals surface area contributed by atoms with Crippen LogP contribution in [0.3, 0.4) is 0 Å². The average Bonchev–Trinajstić information content (AvgIpc) is 2.35. The predicted octanol–water partition coefficient (Wildman–Crippen LogP) is 1.03. The van der Waals surface area contributed by atoms with Crippen LogP contribution >= 0.6 is 15.9 Å². The Morgan fingerprint density at radius 3 is 2.84 bits per heavy atom. The molecule has 0 saturated heterocycles. The average molecular weight is 329 g/mol. The van der Waals surface area contributed by atoms with Crippen molar-refractivity contribution < 1.29 is 9.90 Å². The second kappa shape index (κ2) is 5.88. The lowest BCUT2D eigenvalue weighted by Crippen LogP contribution is -2.47. The first-order valence-corrected chi connectivity index (χ1v) is 7.13. The summed E-state index contributed by atoms with van der Waals surface area (Å²) in [5.74, 6) is -0.146. The topological polar surface area (TPSA) is 71.3 Å². The zero-order chi connectivity index (χ0) is 13.9. The molecule has 104 valence electrons. The Bertz CT molecular complexity index is 523. The van der Waals surface area contributed by atoms with Gasteiger partial charge in [0.2, 0.25) is 5.91 Å². The highest BCUT2D eigenvalue weighted by molar-refractivity contribution is 9.10. The van der Waals surface area contributed by atoms with E-state index in [1.807, 2.05) is 0 Å². The van der Waals surface area contributed by atoms with Gasteiger partial charge in [-0.15, -0.1) is 0 Å². The molecule has 0 bridgehead atoms. The Balaban J connectivity index is 1.80. The first-order valence-electron chi connectivity index (χ1n) is 6.34. The van der Waals surface area contributed by atoms with Gasteiger partial charge in [0.1, 0.15) is 0 Å². The molecule has 0 aromatic carbocycles. The number of rotatable bonds is 5. The summed E-state index contributed by atoms with van der Waals surface area (Å²) in [6, 6.07) is 3.13. The lowest BCUT2D eigenvalue weighted by atomic mass is 9.80. The highest BCUT2D eigenvalue weighted by atomic mass is 79.9. The van der Waals surface area contributed by atoms with Crippen LogP contribution in [0.4, 0.5) is 0 Å². The van der Waals surface area contributed by atoms with E-state index in [1.54, 1.807) is 12.3 Å². The van der Waals surface area contributed by atoms with Crippen LogP contribution in [0.5, 0.6) is 0 Å². The maximum Gasteiger partial charge on any atom is 0.250 e. The number of hydrogen-bond donors (Lipinski definition) is 2. The van der Waals surface area contributed by atoms with E-state index >= 15 is 0 Å². The standard InChI is InChI=1S/C13H17BrN2O3/c14-10-2-3-12(18)16(8-10)7-4-11(17)15-9-13(19)5-1-6-13/h2-3,8,19H,1,4-7,9H2,(H,15,17). The van der Waals surface area contributed by atoms with Crippen LogP contribution in [0.15, 0.2) is 27.6 Å². The van der Waals surface area contributed by atoms with E-state index in [0.717, 1.165) is 23.7 Å². The Morgan fingerprint density at radius 1 is 1.47 bits per heavy atom. The van der Waals surface area contributed by atoms with Gasteiger partial charge < -0.3 is 15.0 Å². The number of aryl methyl sites for hydroxylation is 1. The molecule has 1 aliphatic carbocycles. The Kier molecular flexibility index (Phi) is 4.42. The molecule has 1 aliphatic rings. The third-order valence-electron chi connectivity index (χ3n) is 3.43. The number of carbonyl (C=O) groups excluding carboxylic acids is 1. The van der Waals surface area contributed by atoms with E-state index in [1.165, 1.54) is 10.6 Å². The number of carbonyl (C=O) groups is 1. The Morgan fingerprint density at radius 2 is 2.21 bits per heavy atom. The van der Waals surface area contributed by atoms with E-state index in [-0.39, 0.29) is 17.9 Å². The minimum atomic E-state index is -0.706. The molecule has 0 unspecified atom stereocenters. The van der Waals surface area contributed by atoms with Crippen molar-refractivity contribution in [2.75, 3.05) is 6.54 Å². The minimum Gasteiger partial charge on any atom is -0.388 e. The molecule has 1 aromatic rings. The molecule has 1 saturated carbocycles. The fourth-order valence-electron chi connectivity index (χ4n) is 2.01. The largest absolute Gasteiger partial charge is 0.388 e. The summed E-state index contributed by atoms with van der Waals surface area (Å²) in [5.41, 5.74) is -0.837. The quantitative estimate of drug-likeness (QED) is 0.848. The normalized spacial score (nSPS) is 16.7. The SMILES string of the molecule is O=C(CCn1cc(Br)ccc1=O)NCC1(O)CCC1. The zero-order valence-electron chi connectivity index (χ0n) is 10.6. The molecule has 1 fully saturated rings. The molecule has 0 aliphatic heterocycles. The van der Waals surface area contributed by atoms with E-state index in [0.29, 0.717) is 13.1 Å². The summed E-state index contributed by atoms with van der Waals surface area (Å²) in [4.78, 5) is 23.2. The summed E-state index contributed by atoms with van der Waals surface area (Å²) in [5, 5.41) is 12.6. The minimum absolute atomic E-state index is 0.131. The van der Waals surface area contributed by atoms with E-state index in [2.05, 4.69) is 21.2 Å². The molecule has 0 spiro atoms. The van der Waals surface area contributed by atoms with Crippen molar-refractivity contribution in [2.24, 2.45) is 0 Å². The van der Waals surface area contributed by atoms with Crippen LogP contribution in [0.1, 0.15) is 25.7 Å². The number of hydrogen-bond acceptors (Lipinski definition) is 3. The van der Waals surface area contributed by atoms with Crippen LogP contribution in [0.25, 0.3) is 0 Å². The van der Waals surface area contributed by atoms with Gasteiger partial charge in [0, 0.05) is 36.2 Å². The number of nitrogens with one attached hydrogen (secondary N) is 1. The zero-order valence-corrected chi connectivity index (χ0v) is 12.1. The number of aliphatic hydroxyl groups is 1. The number of aromatic nitrogens is 1. The molecule has 1 aromatic heterocycles. The number of halogens is 1. The van der Waals surface area contributed by atoms with Crippen molar-refractivity contribution in [3.05, 3.63) is 33.2 Å². The predicted molar refractivity (Wildman–Crippen MR) is 74.8 cm³/mol. The van der Waals surface area contributed by atoms with Crippen molar-refractivity contribution in [1.29, 1.82) is 0 Å². The first kappa shape index (κ1) is 14.3. The van der Waals surface area contributed by atoms with E-state index < -0.39 is 5.60 Å². The fourth-order valence-corrected chi connectivity index (χ4v) is 2.39. The maximum absolute atomic E-state index is 11.6. The highest BCUT2D eigenvalue weighted by Gasteiger charge is 2.34. The number of nitrogens with zero attached hydrogens (tertiary/aromatic N) is 1. The lowest BCUT2D eigenvalue weighted by molar-refractivity contribution is -0.123. The first-order chi connectivity index (χ1) is 8.98. The van der Waals surface area contributed by atoms with Gasteiger partial charge >= 0.3 is 0 Å². The van der Waals surface area contributed by atoms with Crippen LogP contribution in [0.2, 0.25) is 0 Å². The summed E-state index contributed by atoms with van der Waals surface area (Å²) < 4.78 is 2.29. The smallest absolute Gasteiger partial charge is 0.250 e. The van der Waals surface area contributed by atoms with Gasteiger partial charge in [0.05, 0.1) is 5.60 Å². The van der Waals surface area contributed by atoms with Crippen LogP contribution in [-0.4, -0.2) is 27.7 Å². The monoisotopic (exact) mass is 328 g/mol. The highest BCUT2D eigenvalue weighted by Crippen LogP contribution is 2.30. The molecular formula is C13H17BrN2O3. The summed E-state index contributed by atoms with van der Waals surface area (Å²) in [7, 11) is 0. The van der Waals surface area contributed by atoms with Gasteiger partial charge in [-0.1, -0.05) is 0 Å². The van der Waals surface area contributed by atoms with Crippen LogP contribution in [0, 0.1) is 0 Å². The van der Waals surface area contributed by atoms with E-state index in [9.17, 15) is 14.7 Å². The molecule has 2 N–H and O–H groups in total. The summed E-state index contributed by atoms with van der Waals surface area (Å²) in [6.07, 6.45) is 4.40. The Labute approximate surface area is 119 Å². The van der Waals surface area contributed by atoms with Crippen molar-refractivity contribution in [1.82, 2.24) is 9.88 Å². The summed E-state index contributed by atoms with van der Waals surface area (Å²) in [6.45, 7) is 0.641.